The lowest BCUT2D eigenvalue weighted by atomic mass is 9.92. The second kappa shape index (κ2) is 19.3. The van der Waals surface area contributed by atoms with Crippen LogP contribution in [-0.2, 0) is 32.8 Å². The summed E-state index contributed by atoms with van der Waals surface area (Å²) in [6, 6.07) is 25.7. The third kappa shape index (κ3) is 10.3. The molecule has 1 aromatic heterocycles. The number of aliphatic hydroxyl groups is 2. The topological polar surface area (TPSA) is 117 Å². The summed E-state index contributed by atoms with van der Waals surface area (Å²) in [7, 11) is 0. The van der Waals surface area contributed by atoms with Crippen LogP contribution in [0.4, 0.5) is 0 Å². The van der Waals surface area contributed by atoms with Crippen LogP contribution in [0.1, 0.15) is 57.3 Å². The maximum absolute atomic E-state index is 9.26. The molecule has 0 spiro atoms. The number of pyridine rings is 1. The number of rotatable bonds is 18. The molecule has 0 aliphatic heterocycles. The molecule has 10 heteroatoms. The first-order valence-electron chi connectivity index (χ1n) is 17.2. The third-order valence-electron chi connectivity index (χ3n) is 8.86. The van der Waals surface area contributed by atoms with Gasteiger partial charge >= 0.3 is 0 Å². The number of benzene rings is 4. The molecule has 52 heavy (non-hydrogen) atoms. The van der Waals surface area contributed by atoms with E-state index in [0.29, 0.717) is 52.6 Å². The largest absolute Gasteiger partial charge is 0.488 e. The van der Waals surface area contributed by atoms with Gasteiger partial charge in [-0.3, -0.25) is 4.98 Å². The molecule has 0 aliphatic rings. The number of hydrogen-bond acceptors (Lipinski definition) is 8. The molecule has 5 rings (SSSR count). The summed E-state index contributed by atoms with van der Waals surface area (Å²) in [5, 5.41) is 31.8. The minimum Gasteiger partial charge on any atom is -0.488 e. The quantitative estimate of drug-likeness (QED) is 0.0765. The lowest BCUT2D eigenvalue weighted by Crippen LogP contribution is -2.18. The predicted octanol–water partition coefficient (Wildman–Crippen LogP) is 8.68. The Kier molecular flexibility index (Phi) is 14.3. The second-order valence-corrected chi connectivity index (χ2v) is 13.3. The zero-order valence-corrected chi connectivity index (χ0v) is 30.9. The van der Waals surface area contributed by atoms with Crippen LogP contribution >= 0.6 is 23.2 Å². The normalized spacial score (nSPS) is 10.9. The van der Waals surface area contributed by atoms with Crippen LogP contribution in [0, 0.1) is 25.2 Å². The molecular weight excluding hydrogens is 697 g/mol. The Morgan fingerprint density at radius 1 is 0.692 bits per heavy atom. The maximum atomic E-state index is 9.26. The molecule has 0 amide bonds. The van der Waals surface area contributed by atoms with E-state index in [9.17, 15) is 10.4 Å². The molecule has 1 heterocycles. The zero-order valence-electron chi connectivity index (χ0n) is 29.4. The number of ether oxygens (including phenoxy) is 3. The van der Waals surface area contributed by atoms with Gasteiger partial charge in [-0.05, 0) is 96.3 Å². The first kappa shape index (κ1) is 38.6. The minimum absolute atomic E-state index is 0.00474. The van der Waals surface area contributed by atoms with Crippen LogP contribution < -0.4 is 19.5 Å². The van der Waals surface area contributed by atoms with E-state index in [2.05, 4.69) is 48.4 Å². The van der Waals surface area contributed by atoms with Crippen molar-refractivity contribution in [2.75, 3.05) is 19.8 Å². The Bertz CT molecular complexity index is 2010. The van der Waals surface area contributed by atoms with Crippen molar-refractivity contribution in [2.24, 2.45) is 0 Å². The van der Waals surface area contributed by atoms with Crippen LogP contribution in [0.2, 0.25) is 10.0 Å². The first-order chi connectivity index (χ1) is 25.3. The van der Waals surface area contributed by atoms with Crippen molar-refractivity contribution < 1.29 is 24.4 Å². The fourth-order valence-corrected chi connectivity index (χ4v) is 6.38. The molecule has 0 saturated heterocycles. The summed E-state index contributed by atoms with van der Waals surface area (Å²) >= 11 is 13.3. The van der Waals surface area contributed by atoms with Crippen molar-refractivity contribution >= 4 is 23.2 Å². The van der Waals surface area contributed by atoms with Crippen LogP contribution in [0.5, 0.6) is 17.2 Å². The number of hydrogen-bond donors (Lipinski definition) is 3. The zero-order chi connectivity index (χ0) is 36.9. The Morgan fingerprint density at radius 3 is 2.02 bits per heavy atom. The van der Waals surface area contributed by atoms with Crippen LogP contribution in [-0.4, -0.2) is 35.0 Å². The summed E-state index contributed by atoms with van der Waals surface area (Å²) in [6.07, 6.45) is 5.71. The number of halogens is 2. The van der Waals surface area contributed by atoms with E-state index in [0.717, 1.165) is 69.3 Å². The van der Waals surface area contributed by atoms with Gasteiger partial charge in [-0.2, -0.15) is 5.26 Å². The van der Waals surface area contributed by atoms with E-state index in [4.69, 9.17) is 42.5 Å². The number of nitrogens with one attached hydrogen (secondary N) is 1. The van der Waals surface area contributed by atoms with Crippen LogP contribution in [0.15, 0.2) is 85.2 Å². The van der Waals surface area contributed by atoms with Gasteiger partial charge in [0.1, 0.15) is 43.1 Å². The molecule has 0 fully saturated rings. The van der Waals surface area contributed by atoms with E-state index in [-0.39, 0.29) is 26.4 Å². The average molecular weight is 741 g/mol. The van der Waals surface area contributed by atoms with Gasteiger partial charge in [-0.15, -0.1) is 0 Å². The number of unbranched alkanes of at least 4 members (excludes halogenated alkanes) is 1. The molecule has 3 N–H and O–H groups in total. The van der Waals surface area contributed by atoms with Crippen LogP contribution in [0.25, 0.3) is 11.1 Å². The Morgan fingerprint density at radius 2 is 1.37 bits per heavy atom. The Balaban J connectivity index is 1.31. The molecule has 4 aromatic carbocycles. The molecule has 0 aliphatic carbocycles. The molecule has 8 nitrogen and oxygen atoms in total. The molecule has 0 unspecified atom stereocenters. The van der Waals surface area contributed by atoms with Crippen molar-refractivity contribution in [3.8, 4) is 34.4 Å². The van der Waals surface area contributed by atoms with Gasteiger partial charge in [-0.1, -0.05) is 65.7 Å². The molecule has 270 valence electrons. The average Bonchev–Trinajstić information content (AvgIpc) is 3.15. The summed E-state index contributed by atoms with van der Waals surface area (Å²) in [5.41, 5.74) is 9.62. The second-order valence-electron chi connectivity index (χ2n) is 12.5. The van der Waals surface area contributed by atoms with Crippen molar-refractivity contribution in [1.82, 2.24) is 10.3 Å². The van der Waals surface area contributed by atoms with E-state index >= 15 is 0 Å². The van der Waals surface area contributed by atoms with Gasteiger partial charge in [0.2, 0.25) is 0 Å². The van der Waals surface area contributed by atoms with Gasteiger partial charge in [0, 0.05) is 49.3 Å². The Labute approximate surface area is 315 Å². The number of aliphatic hydroxyl groups excluding tert-OH is 2. The van der Waals surface area contributed by atoms with Gasteiger partial charge in [-0.25, -0.2) is 0 Å². The van der Waals surface area contributed by atoms with Crippen molar-refractivity contribution in [1.29, 1.82) is 5.26 Å². The number of nitrogens with zero attached hydrogens (tertiary/aromatic N) is 2. The fourth-order valence-electron chi connectivity index (χ4n) is 5.88. The smallest absolute Gasteiger partial charge is 0.142 e. The third-order valence-corrected chi connectivity index (χ3v) is 9.45. The number of nitriles is 1. The predicted molar refractivity (Wildman–Crippen MR) is 205 cm³/mol. The van der Waals surface area contributed by atoms with E-state index in [1.165, 1.54) is 6.20 Å². The molecule has 5 aromatic rings. The molecule has 0 saturated carbocycles. The highest BCUT2D eigenvalue weighted by atomic mass is 35.5. The highest BCUT2D eigenvalue weighted by Crippen LogP contribution is 2.36. The number of aryl methyl sites for hydroxylation is 1. The van der Waals surface area contributed by atoms with Gasteiger partial charge in [0.15, 0.2) is 0 Å². The lowest BCUT2D eigenvalue weighted by molar-refractivity contribution is 0.282. The SMILES string of the molecule is Cc1c(COc2ccc(CCCCO)cc2Cl)cccc1-c1cccc(COc2cc(OCc3cncc(C#N)c3)c(CNCCO)cc2Cl)c1C. The van der Waals surface area contributed by atoms with E-state index in [1.807, 2.05) is 42.5 Å². The first-order valence-corrected chi connectivity index (χ1v) is 18.0. The molecule has 0 atom stereocenters. The van der Waals surface area contributed by atoms with Crippen molar-refractivity contribution in [3.05, 3.63) is 140 Å². The monoisotopic (exact) mass is 739 g/mol. The highest BCUT2D eigenvalue weighted by molar-refractivity contribution is 6.32. The van der Waals surface area contributed by atoms with E-state index < -0.39 is 0 Å². The maximum Gasteiger partial charge on any atom is 0.142 e. The highest BCUT2D eigenvalue weighted by Gasteiger charge is 2.16. The Hall–Kier alpha value is -4.62. The van der Waals surface area contributed by atoms with Crippen molar-refractivity contribution in [3.63, 3.8) is 0 Å². The van der Waals surface area contributed by atoms with Gasteiger partial charge < -0.3 is 29.7 Å². The molecule has 0 bridgehead atoms. The summed E-state index contributed by atoms with van der Waals surface area (Å²) in [6.45, 7) is 6.11. The summed E-state index contributed by atoms with van der Waals surface area (Å²) < 4.78 is 18.7. The van der Waals surface area contributed by atoms with Crippen molar-refractivity contribution in [2.45, 2.75) is 59.5 Å². The lowest BCUT2D eigenvalue weighted by Gasteiger charge is -2.18. The standard InChI is InChI=1S/C42H43Cl2N3O5/c1-28-33(26-51-40-13-12-30(18-38(40)43)7-3-4-15-48)8-5-10-36(28)37-11-6-9-34(29(37)2)27-52-42-20-41(35(19-39(42)44)24-46-14-16-49)50-25-32-17-31(21-45)22-47-23-32/h5-6,8-13,17-20,22-23,46,48-49H,3-4,7,14-16,24-27H2,1-2H3. The van der Waals surface area contributed by atoms with Gasteiger partial charge in [0.25, 0.3) is 0 Å². The fraction of sp³-hybridized carbons (Fsp3) is 0.286. The molecule has 0 radical (unpaired) electrons. The molecular formula is C42H43Cl2N3O5. The van der Waals surface area contributed by atoms with E-state index in [1.54, 1.807) is 18.3 Å². The number of aromatic nitrogens is 1. The van der Waals surface area contributed by atoms with Gasteiger partial charge in [0.05, 0.1) is 22.2 Å². The van der Waals surface area contributed by atoms with Crippen LogP contribution in [0.3, 0.4) is 0 Å². The summed E-state index contributed by atoms with van der Waals surface area (Å²) in [5.74, 6) is 1.69. The minimum atomic E-state index is 0.00474. The summed E-state index contributed by atoms with van der Waals surface area (Å²) in [4.78, 5) is 4.12.